The van der Waals surface area contributed by atoms with Crippen molar-refractivity contribution in [2.75, 3.05) is 12.4 Å². The topological polar surface area (TPSA) is 67.3 Å². The van der Waals surface area contributed by atoms with Crippen molar-refractivity contribution >= 4 is 31.7 Å². The average molecular weight is 334 g/mol. The van der Waals surface area contributed by atoms with Crippen LogP contribution in [0.2, 0.25) is 0 Å². The number of aromatic nitrogens is 2. The van der Waals surface area contributed by atoms with Crippen LogP contribution in [-0.4, -0.2) is 35.1 Å². The van der Waals surface area contributed by atoms with Gasteiger partial charge in [0.05, 0.1) is 0 Å². The second-order valence-corrected chi connectivity index (χ2v) is 5.39. The van der Waals surface area contributed by atoms with Gasteiger partial charge in [0.1, 0.15) is 0 Å². The summed E-state index contributed by atoms with van der Waals surface area (Å²) in [6.45, 7) is 0.502. The SMILES string of the molecule is COc1ccc(O)c(CNc2cccc3n[se]nc23)c1. The van der Waals surface area contributed by atoms with Crippen LogP contribution in [0.4, 0.5) is 5.69 Å². The Labute approximate surface area is 122 Å². The minimum absolute atomic E-state index is 0.0434. The third kappa shape index (κ3) is 2.48. The van der Waals surface area contributed by atoms with E-state index in [1.54, 1.807) is 19.2 Å². The molecule has 3 aromatic rings. The van der Waals surface area contributed by atoms with Gasteiger partial charge in [0, 0.05) is 0 Å². The van der Waals surface area contributed by atoms with Crippen molar-refractivity contribution < 1.29 is 9.84 Å². The van der Waals surface area contributed by atoms with Crippen LogP contribution in [0.1, 0.15) is 5.56 Å². The summed E-state index contributed by atoms with van der Waals surface area (Å²) in [5, 5.41) is 13.2. The number of hydrogen-bond donors (Lipinski definition) is 2. The van der Waals surface area contributed by atoms with Crippen molar-refractivity contribution in [2.45, 2.75) is 6.54 Å². The standard InChI is InChI=1S/C14H13N3O2Se/c1-19-10-5-6-13(18)9(7-10)8-15-11-3-2-4-12-14(11)17-20-16-12/h2-7,15,18H,8H2,1H3. The summed E-state index contributed by atoms with van der Waals surface area (Å²) in [4.78, 5) is 0. The van der Waals surface area contributed by atoms with Crippen molar-refractivity contribution in [3.05, 3.63) is 42.0 Å². The van der Waals surface area contributed by atoms with Gasteiger partial charge in [-0.1, -0.05) is 0 Å². The zero-order valence-electron chi connectivity index (χ0n) is 10.8. The van der Waals surface area contributed by atoms with Gasteiger partial charge < -0.3 is 0 Å². The van der Waals surface area contributed by atoms with Gasteiger partial charge in [-0.15, -0.1) is 0 Å². The van der Waals surface area contributed by atoms with Gasteiger partial charge in [0.2, 0.25) is 0 Å². The molecule has 0 unspecified atom stereocenters. The number of aromatic hydroxyl groups is 1. The number of fused-ring (bicyclic) bond motifs is 1. The third-order valence-corrected chi connectivity index (χ3v) is 4.18. The summed E-state index contributed by atoms with van der Waals surface area (Å²) < 4.78 is 13.9. The Kier molecular flexibility index (Phi) is 3.58. The molecule has 0 aliphatic carbocycles. The summed E-state index contributed by atoms with van der Waals surface area (Å²) in [5.74, 6) is 0.970. The molecule has 102 valence electrons. The number of phenols is 1. The zero-order chi connectivity index (χ0) is 13.9. The van der Waals surface area contributed by atoms with E-state index in [2.05, 4.69) is 13.3 Å². The summed E-state index contributed by atoms with van der Waals surface area (Å²) in [6, 6.07) is 11.1. The van der Waals surface area contributed by atoms with Gasteiger partial charge >= 0.3 is 122 Å². The molecule has 0 aliphatic heterocycles. The number of nitrogens with zero attached hydrogens (tertiary/aromatic N) is 2. The number of nitrogens with one attached hydrogen (secondary N) is 1. The fraction of sp³-hybridized carbons (Fsp3) is 0.143. The summed E-state index contributed by atoms with van der Waals surface area (Å²) in [6.07, 6.45) is 0. The Morgan fingerprint density at radius 2 is 2.15 bits per heavy atom. The first-order chi connectivity index (χ1) is 9.78. The van der Waals surface area contributed by atoms with Gasteiger partial charge in [-0.3, -0.25) is 0 Å². The molecule has 0 fully saturated rings. The van der Waals surface area contributed by atoms with Crippen molar-refractivity contribution in [3.8, 4) is 11.5 Å². The molecule has 20 heavy (non-hydrogen) atoms. The van der Waals surface area contributed by atoms with E-state index in [9.17, 15) is 5.11 Å². The normalized spacial score (nSPS) is 10.7. The summed E-state index contributed by atoms with van der Waals surface area (Å²) >= 11 is -0.0434. The second-order valence-electron chi connectivity index (χ2n) is 4.29. The van der Waals surface area contributed by atoms with E-state index in [-0.39, 0.29) is 20.7 Å². The second kappa shape index (κ2) is 5.53. The molecule has 0 saturated heterocycles. The average Bonchev–Trinajstić information content (AvgIpc) is 2.95. The Balaban J connectivity index is 1.84. The first kappa shape index (κ1) is 13.0. The van der Waals surface area contributed by atoms with Crippen LogP contribution in [0, 0.1) is 0 Å². The van der Waals surface area contributed by atoms with E-state index in [0.29, 0.717) is 6.54 Å². The van der Waals surface area contributed by atoms with Crippen molar-refractivity contribution in [1.29, 1.82) is 0 Å². The molecule has 1 aromatic heterocycles. The van der Waals surface area contributed by atoms with Gasteiger partial charge in [-0.25, -0.2) is 0 Å². The Bertz CT molecular complexity index is 742. The maximum atomic E-state index is 9.87. The molecule has 3 rings (SSSR count). The van der Waals surface area contributed by atoms with Crippen LogP contribution in [0.15, 0.2) is 36.4 Å². The van der Waals surface area contributed by atoms with E-state index >= 15 is 0 Å². The predicted octanol–water partition coefficient (Wildman–Crippen LogP) is 2.01. The maximum absolute atomic E-state index is 9.87. The van der Waals surface area contributed by atoms with E-state index in [0.717, 1.165) is 28.0 Å². The fourth-order valence-corrected chi connectivity index (χ4v) is 3.12. The van der Waals surface area contributed by atoms with Crippen molar-refractivity contribution in [2.24, 2.45) is 0 Å². The molecule has 2 N–H and O–H groups in total. The van der Waals surface area contributed by atoms with Crippen LogP contribution >= 0.6 is 0 Å². The minimum atomic E-state index is -0.0434. The molecular weight excluding hydrogens is 321 g/mol. The molecule has 0 amide bonds. The van der Waals surface area contributed by atoms with Crippen LogP contribution < -0.4 is 10.1 Å². The molecule has 1 heterocycles. The van der Waals surface area contributed by atoms with E-state index in [1.807, 2.05) is 24.3 Å². The molecular formula is C14H13N3O2Se. The summed E-state index contributed by atoms with van der Waals surface area (Å²) in [5.41, 5.74) is 3.56. The molecule has 0 aliphatic rings. The molecule has 0 atom stereocenters. The molecule has 2 aromatic carbocycles. The van der Waals surface area contributed by atoms with Gasteiger partial charge in [-0.2, -0.15) is 0 Å². The molecule has 0 saturated carbocycles. The number of rotatable bonds is 4. The van der Waals surface area contributed by atoms with Gasteiger partial charge in [0.25, 0.3) is 0 Å². The number of ether oxygens (including phenoxy) is 1. The number of phenolic OH excluding ortho intramolecular Hbond substituents is 1. The monoisotopic (exact) mass is 335 g/mol. The van der Waals surface area contributed by atoms with Gasteiger partial charge in [0.15, 0.2) is 0 Å². The Hall–Kier alpha value is -2.04. The Morgan fingerprint density at radius 3 is 3.00 bits per heavy atom. The first-order valence-corrected chi connectivity index (χ1v) is 7.62. The number of benzene rings is 2. The fourth-order valence-electron chi connectivity index (χ4n) is 1.97. The number of anilines is 1. The quantitative estimate of drug-likeness (QED) is 0.715. The molecule has 0 spiro atoms. The van der Waals surface area contributed by atoms with Crippen LogP contribution in [0.3, 0.4) is 0 Å². The van der Waals surface area contributed by atoms with Crippen LogP contribution in [-0.2, 0) is 6.54 Å². The van der Waals surface area contributed by atoms with E-state index in [4.69, 9.17) is 4.74 Å². The molecule has 5 nitrogen and oxygen atoms in total. The van der Waals surface area contributed by atoms with E-state index < -0.39 is 0 Å². The number of hydrogen-bond acceptors (Lipinski definition) is 5. The predicted molar refractivity (Wildman–Crippen MR) is 78.5 cm³/mol. The first-order valence-electron chi connectivity index (χ1n) is 6.09. The number of methoxy groups -OCH3 is 1. The van der Waals surface area contributed by atoms with Crippen molar-refractivity contribution in [3.63, 3.8) is 0 Å². The van der Waals surface area contributed by atoms with Crippen LogP contribution in [0.25, 0.3) is 11.0 Å². The molecule has 6 heteroatoms. The van der Waals surface area contributed by atoms with Gasteiger partial charge in [-0.05, 0) is 0 Å². The molecule has 0 bridgehead atoms. The van der Waals surface area contributed by atoms with Crippen LogP contribution in [0.5, 0.6) is 11.5 Å². The molecule has 0 radical (unpaired) electrons. The third-order valence-electron chi connectivity index (χ3n) is 3.04. The summed E-state index contributed by atoms with van der Waals surface area (Å²) in [7, 11) is 1.61. The van der Waals surface area contributed by atoms with E-state index in [1.165, 1.54) is 0 Å². The Morgan fingerprint density at radius 1 is 1.25 bits per heavy atom. The van der Waals surface area contributed by atoms with Crippen molar-refractivity contribution in [1.82, 2.24) is 7.96 Å². The zero-order valence-corrected chi connectivity index (χ0v) is 12.5.